The van der Waals surface area contributed by atoms with E-state index in [-0.39, 0.29) is 0 Å². The zero-order valence-electron chi connectivity index (χ0n) is 15.4. The Balaban J connectivity index is 1.29. The van der Waals surface area contributed by atoms with Crippen LogP contribution >= 0.6 is 11.8 Å². The van der Waals surface area contributed by atoms with Crippen LogP contribution in [0.5, 0.6) is 0 Å². The van der Waals surface area contributed by atoms with Crippen molar-refractivity contribution in [2.24, 2.45) is 0 Å². The zero-order chi connectivity index (χ0) is 17.9. The second-order valence-corrected chi connectivity index (χ2v) is 7.89. The normalized spacial score (nSPS) is 15.7. The predicted octanol–water partition coefficient (Wildman–Crippen LogP) is 3.49. The van der Waals surface area contributed by atoms with Crippen molar-refractivity contribution in [1.29, 1.82) is 0 Å². The lowest BCUT2D eigenvalue weighted by atomic mass is 10.2. The van der Waals surface area contributed by atoms with E-state index < -0.39 is 0 Å². The number of thioether (sulfide) groups is 1. The molecule has 0 saturated carbocycles. The quantitative estimate of drug-likeness (QED) is 0.553. The van der Waals surface area contributed by atoms with Crippen molar-refractivity contribution in [3.8, 4) is 0 Å². The molecule has 1 aromatic carbocycles. The van der Waals surface area contributed by atoms with E-state index in [4.69, 9.17) is 0 Å². The summed E-state index contributed by atoms with van der Waals surface area (Å²) in [6.45, 7) is 9.52. The average molecular weight is 368 g/mol. The Morgan fingerprint density at radius 1 is 1.04 bits per heavy atom. The lowest BCUT2D eigenvalue weighted by molar-refractivity contribution is 0.273. The van der Waals surface area contributed by atoms with Gasteiger partial charge in [-0.3, -0.25) is 4.90 Å². The highest BCUT2D eigenvalue weighted by Gasteiger charge is 2.18. The summed E-state index contributed by atoms with van der Waals surface area (Å²) in [4.78, 5) is 17.4. The Labute approximate surface area is 158 Å². The smallest absolute Gasteiger partial charge is 0.188 e. The number of piperazine rings is 1. The van der Waals surface area contributed by atoms with Crippen LogP contribution in [0.25, 0.3) is 10.9 Å². The average Bonchev–Trinajstić information content (AvgIpc) is 3.10. The van der Waals surface area contributed by atoms with Gasteiger partial charge in [0.05, 0.1) is 0 Å². The first kappa shape index (κ1) is 17.4. The predicted molar refractivity (Wildman–Crippen MR) is 109 cm³/mol. The fraction of sp³-hybridized carbons (Fsp3) is 0.400. The molecule has 4 rings (SSSR count). The Bertz CT molecular complexity index is 863. The summed E-state index contributed by atoms with van der Waals surface area (Å²) >= 11 is 1.76. The molecule has 0 bridgehead atoms. The number of rotatable bonds is 5. The number of aromatic nitrogens is 3. The summed E-state index contributed by atoms with van der Waals surface area (Å²) < 4.78 is 0. The fourth-order valence-electron chi connectivity index (χ4n) is 3.58. The van der Waals surface area contributed by atoms with Gasteiger partial charge in [0.2, 0.25) is 0 Å². The number of benzene rings is 1. The number of hydrogen-bond donors (Lipinski definition) is 1. The molecule has 5 nitrogen and oxygen atoms in total. The molecular weight excluding hydrogens is 342 g/mol. The summed E-state index contributed by atoms with van der Waals surface area (Å²) in [5.41, 5.74) is 4.66. The molecule has 136 valence electrons. The van der Waals surface area contributed by atoms with Crippen LogP contribution in [0, 0.1) is 13.8 Å². The molecule has 1 saturated heterocycles. The van der Waals surface area contributed by atoms with Crippen LogP contribution < -0.4 is 4.90 Å². The van der Waals surface area contributed by atoms with Gasteiger partial charge in [0.25, 0.3) is 0 Å². The number of anilines is 1. The Morgan fingerprint density at radius 2 is 1.81 bits per heavy atom. The van der Waals surface area contributed by atoms with Crippen molar-refractivity contribution in [3.05, 3.63) is 47.9 Å². The van der Waals surface area contributed by atoms with Crippen LogP contribution in [0.1, 0.15) is 11.4 Å². The molecule has 3 aromatic rings. The molecule has 1 N–H and O–H groups in total. The lowest BCUT2D eigenvalue weighted by Crippen LogP contribution is -2.47. The van der Waals surface area contributed by atoms with E-state index in [0.29, 0.717) is 0 Å². The van der Waals surface area contributed by atoms with Gasteiger partial charge in [0, 0.05) is 72.7 Å². The molecule has 6 heteroatoms. The summed E-state index contributed by atoms with van der Waals surface area (Å²) in [5.74, 6) is 1.04. The molecule has 0 aliphatic carbocycles. The van der Waals surface area contributed by atoms with Gasteiger partial charge in [0.15, 0.2) is 5.16 Å². The summed E-state index contributed by atoms with van der Waals surface area (Å²) in [6, 6.07) is 10.7. The van der Waals surface area contributed by atoms with E-state index in [9.17, 15) is 0 Å². The van der Waals surface area contributed by atoms with Gasteiger partial charge in [-0.25, -0.2) is 9.97 Å². The summed E-state index contributed by atoms with van der Waals surface area (Å²) in [7, 11) is 0. The van der Waals surface area contributed by atoms with Gasteiger partial charge in [-0.1, -0.05) is 17.8 Å². The van der Waals surface area contributed by atoms with Crippen LogP contribution in [0.2, 0.25) is 0 Å². The van der Waals surface area contributed by atoms with Gasteiger partial charge in [-0.15, -0.1) is 0 Å². The molecule has 0 amide bonds. The number of H-pyrrole nitrogens is 1. The van der Waals surface area contributed by atoms with Crippen LogP contribution in [0.4, 0.5) is 5.69 Å². The van der Waals surface area contributed by atoms with Crippen LogP contribution in [-0.4, -0.2) is 58.3 Å². The Kier molecular flexibility index (Phi) is 5.13. The molecule has 0 unspecified atom stereocenters. The van der Waals surface area contributed by atoms with Gasteiger partial charge in [-0.2, -0.15) is 0 Å². The number of fused-ring (bicyclic) bond motifs is 1. The maximum absolute atomic E-state index is 4.51. The molecule has 0 spiro atoms. The third kappa shape index (κ3) is 3.86. The van der Waals surface area contributed by atoms with E-state index in [2.05, 4.69) is 49.0 Å². The maximum atomic E-state index is 4.51. The highest BCUT2D eigenvalue weighted by atomic mass is 32.2. The molecule has 0 atom stereocenters. The largest absolute Gasteiger partial charge is 0.368 e. The van der Waals surface area contributed by atoms with Crippen molar-refractivity contribution < 1.29 is 0 Å². The molecular formula is C20H25N5S. The Hall–Kier alpha value is -2.05. The number of aryl methyl sites for hydroxylation is 2. The van der Waals surface area contributed by atoms with Crippen LogP contribution in [0.15, 0.2) is 41.7 Å². The van der Waals surface area contributed by atoms with E-state index in [1.54, 1.807) is 11.8 Å². The molecule has 2 aromatic heterocycles. The first-order chi connectivity index (χ1) is 12.7. The van der Waals surface area contributed by atoms with Crippen LogP contribution in [0.3, 0.4) is 0 Å². The topological polar surface area (TPSA) is 48.1 Å². The van der Waals surface area contributed by atoms with Gasteiger partial charge in [0.1, 0.15) is 0 Å². The van der Waals surface area contributed by atoms with Crippen molar-refractivity contribution in [3.63, 3.8) is 0 Å². The monoisotopic (exact) mass is 367 g/mol. The third-order valence-electron chi connectivity index (χ3n) is 4.89. The number of nitrogens with zero attached hydrogens (tertiary/aromatic N) is 4. The van der Waals surface area contributed by atoms with E-state index >= 15 is 0 Å². The molecule has 3 heterocycles. The van der Waals surface area contributed by atoms with E-state index in [0.717, 1.165) is 55.0 Å². The SMILES string of the molecule is Cc1cc(C)nc(SCCN2CCN(c3cccc4[nH]ccc34)CC2)n1. The highest BCUT2D eigenvalue weighted by molar-refractivity contribution is 7.99. The zero-order valence-corrected chi connectivity index (χ0v) is 16.2. The van der Waals surface area contributed by atoms with Gasteiger partial charge in [-0.05, 0) is 38.1 Å². The minimum absolute atomic E-state index is 0.903. The highest BCUT2D eigenvalue weighted by Crippen LogP contribution is 2.27. The van der Waals surface area contributed by atoms with Crippen molar-refractivity contribution in [1.82, 2.24) is 19.9 Å². The molecule has 1 fully saturated rings. The van der Waals surface area contributed by atoms with Crippen molar-refractivity contribution >= 4 is 28.4 Å². The summed E-state index contributed by atoms with van der Waals surface area (Å²) in [5, 5.41) is 2.23. The Morgan fingerprint density at radius 3 is 2.58 bits per heavy atom. The number of hydrogen-bond acceptors (Lipinski definition) is 5. The fourth-order valence-corrected chi connectivity index (χ4v) is 4.53. The second-order valence-electron chi connectivity index (χ2n) is 6.83. The van der Waals surface area contributed by atoms with Gasteiger partial charge >= 0.3 is 0 Å². The van der Waals surface area contributed by atoms with Crippen LogP contribution in [-0.2, 0) is 0 Å². The third-order valence-corrected chi connectivity index (χ3v) is 5.71. The summed E-state index contributed by atoms with van der Waals surface area (Å²) in [6.07, 6.45) is 2.02. The molecule has 1 aliphatic rings. The molecule has 26 heavy (non-hydrogen) atoms. The van der Waals surface area contributed by atoms with E-state index in [1.807, 2.05) is 26.1 Å². The maximum Gasteiger partial charge on any atom is 0.188 e. The second kappa shape index (κ2) is 7.68. The minimum Gasteiger partial charge on any atom is -0.368 e. The van der Waals surface area contributed by atoms with E-state index in [1.165, 1.54) is 16.6 Å². The molecule has 0 radical (unpaired) electrons. The first-order valence-corrected chi connectivity index (χ1v) is 10.2. The van der Waals surface area contributed by atoms with Crippen molar-refractivity contribution in [2.45, 2.75) is 19.0 Å². The minimum atomic E-state index is 0.903. The molecule has 1 aliphatic heterocycles. The lowest BCUT2D eigenvalue weighted by Gasteiger charge is -2.36. The number of nitrogens with one attached hydrogen (secondary N) is 1. The van der Waals surface area contributed by atoms with Crippen molar-refractivity contribution in [2.75, 3.05) is 43.4 Å². The standard InChI is InChI=1S/C20H25N5S/c1-15-14-16(2)23-20(22-15)26-13-12-24-8-10-25(11-9-24)19-5-3-4-18-17(19)6-7-21-18/h3-7,14,21H,8-13H2,1-2H3. The number of aromatic amines is 1. The first-order valence-electron chi connectivity index (χ1n) is 9.17. The van der Waals surface area contributed by atoms with Gasteiger partial charge < -0.3 is 9.88 Å².